The van der Waals surface area contributed by atoms with E-state index in [0.29, 0.717) is 23.8 Å². The summed E-state index contributed by atoms with van der Waals surface area (Å²) in [5.41, 5.74) is 1.60. The maximum Gasteiger partial charge on any atom is 0.176 e. The molecule has 1 fully saturated rings. The topological polar surface area (TPSA) is 57.2 Å². The summed E-state index contributed by atoms with van der Waals surface area (Å²) >= 11 is 0. The van der Waals surface area contributed by atoms with E-state index in [1.165, 1.54) is 12.1 Å². The van der Waals surface area contributed by atoms with Crippen molar-refractivity contribution >= 4 is 17.2 Å². The minimum atomic E-state index is -0.597. The molecule has 0 bridgehead atoms. The number of Topliss-reactive ketones (excluding diaryl/α,β-unsaturated/α-hetero) is 1. The first-order chi connectivity index (χ1) is 16.1. The zero-order chi connectivity index (χ0) is 22.8. The molecular weight excluding hydrogens is 419 g/mol. The van der Waals surface area contributed by atoms with Gasteiger partial charge in [-0.3, -0.25) is 9.80 Å². The lowest BCUT2D eigenvalue weighted by Gasteiger charge is -2.41. The summed E-state index contributed by atoms with van der Waals surface area (Å²) in [5.74, 6) is 0.209. The second-order valence-corrected chi connectivity index (χ2v) is 9.17. The first-order valence-electron chi connectivity index (χ1n) is 11.9. The van der Waals surface area contributed by atoms with Gasteiger partial charge in [-0.2, -0.15) is 5.10 Å². The molecule has 2 atom stereocenters. The van der Waals surface area contributed by atoms with Gasteiger partial charge in [0.2, 0.25) is 0 Å². The summed E-state index contributed by atoms with van der Waals surface area (Å²) in [5, 5.41) is 10.1. The number of ether oxygens (including phenoxy) is 1. The minimum Gasteiger partial charge on any atom is -0.489 e. The number of nitrogens with one attached hydrogen (secondary N) is 1. The number of anilines is 1. The van der Waals surface area contributed by atoms with Crippen molar-refractivity contribution in [3.63, 3.8) is 0 Å². The molecule has 0 radical (unpaired) electrons. The van der Waals surface area contributed by atoms with Crippen molar-refractivity contribution in [3.05, 3.63) is 59.9 Å². The van der Waals surface area contributed by atoms with Gasteiger partial charge in [-0.15, -0.1) is 0 Å². The zero-order valence-electron chi connectivity index (χ0n) is 19.1. The van der Waals surface area contributed by atoms with Crippen LogP contribution in [0.15, 0.2) is 53.6 Å². The molecule has 33 heavy (non-hydrogen) atoms. The number of benzene rings is 2. The van der Waals surface area contributed by atoms with E-state index in [1.54, 1.807) is 13.0 Å². The third kappa shape index (κ3) is 4.04. The number of halogens is 1. The number of fused-ring (bicyclic) bond motifs is 3. The Balaban J connectivity index is 1.48. The second-order valence-electron chi connectivity index (χ2n) is 9.17. The molecule has 1 saturated heterocycles. The van der Waals surface area contributed by atoms with Crippen LogP contribution >= 0.6 is 0 Å². The molecule has 3 heterocycles. The Morgan fingerprint density at radius 1 is 1.18 bits per heavy atom. The highest BCUT2D eigenvalue weighted by Crippen LogP contribution is 2.48. The van der Waals surface area contributed by atoms with Crippen molar-refractivity contribution in [2.45, 2.75) is 37.6 Å². The van der Waals surface area contributed by atoms with Gasteiger partial charge in [0.15, 0.2) is 5.78 Å². The Morgan fingerprint density at radius 3 is 2.73 bits per heavy atom. The van der Waals surface area contributed by atoms with Gasteiger partial charge in [0.25, 0.3) is 0 Å². The molecule has 3 aliphatic rings. The van der Waals surface area contributed by atoms with Crippen LogP contribution in [0.4, 0.5) is 10.1 Å². The Hall–Kier alpha value is -2.77. The van der Waals surface area contributed by atoms with Gasteiger partial charge in [0.1, 0.15) is 35.6 Å². The molecular formula is C26H31FN4O2. The summed E-state index contributed by atoms with van der Waals surface area (Å²) < 4.78 is 20.2. The molecule has 0 aromatic heterocycles. The minimum absolute atomic E-state index is 0.0479. The summed E-state index contributed by atoms with van der Waals surface area (Å²) in [7, 11) is 0. The zero-order valence-corrected chi connectivity index (χ0v) is 19.1. The number of carbonyl (C=O) groups is 1. The van der Waals surface area contributed by atoms with E-state index in [9.17, 15) is 9.18 Å². The van der Waals surface area contributed by atoms with Crippen molar-refractivity contribution in [3.8, 4) is 5.75 Å². The maximum absolute atomic E-state index is 14.1. The third-order valence-corrected chi connectivity index (χ3v) is 7.19. The lowest BCUT2D eigenvalue weighted by molar-refractivity contribution is -0.111. The van der Waals surface area contributed by atoms with Gasteiger partial charge < -0.3 is 15.0 Å². The predicted octanol–water partition coefficient (Wildman–Crippen LogP) is 3.37. The fraction of sp³-hybridized carbons (Fsp3) is 0.462. The number of nitrogens with zero attached hydrogens (tertiary/aromatic N) is 3. The van der Waals surface area contributed by atoms with E-state index in [1.807, 2.05) is 23.2 Å². The normalized spacial score (nSPS) is 24.6. The number of unbranched alkanes of at least 4 members (excludes halogenated alkanes) is 1. The highest BCUT2D eigenvalue weighted by atomic mass is 19.1. The Bertz CT molecular complexity index is 1040. The van der Waals surface area contributed by atoms with Crippen molar-refractivity contribution in [1.29, 1.82) is 0 Å². The number of carbonyl (C=O) groups excluding carboxylic acids is 1. The van der Waals surface area contributed by atoms with Crippen LogP contribution in [0.3, 0.4) is 0 Å². The van der Waals surface area contributed by atoms with E-state index < -0.39 is 5.41 Å². The molecule has 5 rings (SSSR count). The highest BCUT2D eigenvalue weighted by molar-refractivity contribution is 6.43. The summed E-state index contributed by atoms with van der Waals surface area (Å²) in [6, 6.07) is 14.5. The molecule has 6 nitrogen and oxygen atoms in total. The fourth-order valence-corrected chi connectivity index (χ4v) is 5.58. The van der Waals surface area contributed by atoms with Crippen molar-refractivity contribution in [2.75, 3.05) is 44.3 Å². The smallest absolute Gasteiger partial charge is 0.176 e. The molecule has 0 amide bonds. The van der Waals surface area contributed by atoms with Gasteiger partial charge in [0.05, 0.1) is 5.41 Å². The van der Waals surface area contributed by atoms with E-state index >= 15 is 0 Å². The number of hydrazone groups is 1. The molecule has 7 heteroatoms. The molecule has 174 valence electrons. The Kier molecular flexibility index (Phi) is 6.17. The van der Waals surface area contributed by atoms with Crippen LogP contribution in [0.25, 0.3) is 0 Å². The van der Waals surface area contributed by atoms with Crippen molar-refractivity contribution in [2.24, 2.45) is 5.10 Å². The Labute approximate surface area is 194 Å². The van der Waals surface area contributed by atoms with Gasteiger partial charge in [-0.25, -0.2) is 4.39 Å². The fourth-order valence-electron chi connectivity index (χ4n) is 5.58. The molecule has 0 unspecified atom stereocenters. The number of piperazine rings is 1. The average molecular weight is 451 g/mol. The van der Waals surface area contributed by atoms with Crippen LogP contribution in [0.2, 0.25) is 0 Å². The van der Waals surface area contributed by atoms with Crippen LogP contribution in [-0.4, -0.2) is 61.8 Å². The largest absolute Gasteiger partial charge is 0.489 e. The standard InChI is InChI=1S/C26H31FN4O2/c1-19(32)25-26(20-7-3-2-4-8-20,11-5-6-14-30-15-12-28-13-16-30)24-18-33-23-10-9-21(27)17-22(23)31(24)29-25/h2-4,7-10,17,24,28H,5-6,11-16,18H2,1H3/t24-,26+/m1/s1. The quantitative estimate of drug-likeness (QED) is 0.656. The van der Waals surface area contributed by atoms with Gasteiger partial charge in [0, 0.05) is 39.2 Å². The lowest BCUT2D eigenvalue weighted by Crippen LogP contribution is -2.53. The molecule has 1 N–H and O–H groups in total. The average Bonchev–Trinajstić information content (AvgIpc) is 3.19. The van der Waals surface area contributed by atoms with Gasteiger partial charge in [-0.1, -0.05) is 36.8 Å². The predicted molar refractivity (Wildman–Crippen MR) is 128 cm³/mol. The maximum atomic E-state index is 14.1. The first-order valence-corrected chi connectivity index (χ1v) is 11.9. The summed E-state index contributed by atoms with van der Waals surface area (Å²) in [6.07, 6.45) is 2.81. The number of rotatable bonds is 7. The van der Waals surface area contributed by atoms with Crippen LogP contribution in [-0.2, 0) is 10.2 Å². The van der Waals surface area contributed by atoms with Crippen molar-refractivity contribution < 1.29 is 13.9 Å². The molecule has 2 aromatic rings. The van der Waals surface area contributed by atoms with Crippen molar-refractivity contribution in [1.82, 2.24) is 10.2 Å². The van der Waals surface area contributed by atoms with Gasteiger partial charge in [-0.05, 0) is 37.1 Å². The Morgan fingerprint density at radius 2 is 1.97 bits per heavy atom. The molecule has 0 saturated carbocycles. The number of hydrogen-bond donors (Lipinski definition) is 1. The number of ketones is 1. The van der Waals surface area contributed by atoms with E-state index in [2.05, 4.69) is 22.3 Å². The van der Waals surface area contributed by atoms with Crippen LogP contribution in [0, 0.1) is 5.82 Å². The number of hydrogen-bond acceptors (Lipinski definition) is 6. The van der Waals surface area contributed by atoms with E-state index in [-0.39, 0.29) is 17.6 Å². The molecule has 0 aliphatic carbocycles. The van der Waals surface area contributed by atoms with Gasteiger partial charge >= 0.3 is 0 Å². The first kappa shape index (κ1) is 22.0. The lowest BCUT2D eigenvalue weighted by atomic mass is 9.67. The van der Waals surface area contributed by atoms with Crippen LogP contribution in [0.5, 0.6) is 5.75 Å². The molecule has 3 aliphatic heterocycles. The molecule has 0 spiro atoms. The second kappa shape index (κ2) is 9.23. The third-order valence-electron chi connectivity index (χ3n) is 7.19. The van der Waals surface area contributed by atoms with E-state index in [4.69, 9.17) is 9.84 Å². The highest BCUT2D eigenvalue weighted by Gasteiger charge is 2.55. The van der Waals surface area contributed by atoms with E-state index in [0.717, 1.165) is 57.5 Å². The van der Waals surface area contributed by atoms with Crippen LogP contribution in [0.1, 0.15) is 31.7 Å². The molecule has 2 aromatic carbocycles. The van der Waals surface area contributed by atoms with Crippen LogP contribution < -0.4 is 15.1 Å². The monoisotopic (exact) mass is 450 g/mol. The SMILES string of the molecule is CC(=O)C1=NN2c3cc(F)ccc3OC[C@@H]2[C@]1(CCCCN1CCNCC1)c1ccccc1. The summed E-state index contributed by atoms with van der Waals surface area (Å²) in [6.45, 7) is 7.28. The summed E-state index contributed by atoms with van der Waals surface area (Å²) in [4.78, 5) is 15.4.